The first-order valence-corrected chi connectivity index (χ1v) is 6.05. The van der Waals surface area contributed by atoms with Gasteiger partial charge in [0.25, 0.3) is 0 Å². The van der Waals surface area contributed by atoms with Crippen molar-refractivity contribution < 1.29 is 0 Å². The summed E-state index contributed by atoms with van der Waals surface area (Å²) < 4.78 is 0. The Morgan fingerprint density at radius 2 is 2.20 bits per heavy atom. The van der Waals surface area contributed by atoms with Crippen molar-refractivity contribution in [2.45, 2.75) is 45.1 Å². The van der Waals surface area contributed by atoms with E-state index < -0.39 is 0 Å². The molecule has 1 aromatic rings. The zero-order chi connectivity index (χ0) is 10.8. The lowest BCUT2D eigenvalue weighted by Gasteiger charge is -2.22. The van der Waals surface area contributed by atoms with Crippen LogP contribution in [0.25, 0.3) is 0 Å². The number of hydrogen-bond acceptors (Lipinski definition) is 2. The molecule has 15 heavy (non-hydrogen) atoms. The summed E-state index contributed by atoms with van der Waals surface area (Å²) >= 11 is 6.32. The zero-order valence-electron chi connectivity index (χ0n) is 9.31. The molecule has 2 N–H and O–H groups in total. The van der Waals surface area contributed by atoms with Gasteiger partial charge in [-0.05, 0) is 25.3 Å². The molecule has 1 atom stereocenters. The average molecular weight is 228 g/mol. The molecule has 0 aromatic carbocycles. The summed E-state index contributed by atoms with van der Waals surface area (Å²) in [5.41, 5.74) is 2.05. The van der Waals surface area contributed by atoms with Crippen LogP contribution in [0, 0.1) is 0 Å². The van der Waals surface area contributed by atoms with Crippen molar-refractivity contribution in [3.63, 3.8) is 0 Å². The van der Waals surface area contributed by atoms with E-state index in [1.807, 2.05) is 0 Å². The van der Waals surface area contributed by atoms with E-state index >= 15 is 0 Å². The van der Waals surface area contributed by atoms with E-state index in [0.29, 0.717) is 12.0 Å². The van der Waals surface area contributed by atoms with Gasteiger partial charge in [0, 0.05) is 0 Å². The van der Waals surface area contributed by atoms with Crippen molar-refractivity contribution in [3.05, 3.63) is 16.4 Å². The lowest BCUT2D eigenvalue weighted by Crippen LogP contribution is -2.27. The number of rotatable bonds is 2. The van der Waals surface area contributed by atoms with Gasteiger partial charge < -0.3 is 5.32 Å². The van der Waals surface area contributed by atoms with Gasteiger partial charge >= 0.3 is 0 Å². The molecule has 0 aliphatic carbocycles. The topological polar surface area (TPSA) is 40.7 Å². The molecule has 2 heterocycles. The predicted octanol–water partition coefficient (Wildman–Crippen LogP) is 3.00. The molecule has 1 aliphatic heterocycles. The number of aromatic nitrogens is 2. The fourth-order valence-electron chi connectivity index (χ4n) is 2.07. The third-order valence-electron chi connectivity index (χ3n) is 2.96. The lowest BCUT2D eigenvalue weighted by molar-refractivity contribution is 0.405. The number of piperidine rings is 1. The number of H-pyrrole nitrogens is 1. The van der Waals surface area contributed by atoms with Crippen LogP contribution in [0.1, 0.15) is 56.5 Å². The standard InChI is InChI=1S/C11H18ClN3/c1-7(2)10-9(12)11(15-14-10)8-5-3-4-6-13-8/h7-8,13H,3-6H2,1-2H3,(H,14,15). The molecule has 0 amide bonds. The maximum Gasteiger partial charge on any atom is 0.0866 e. The number of aromatic amines is 1. The number of halogens is 1. The van der Waals surface area contributed by atoms with E-state index in [0.717, 1.165) is 29.4 Å². The molecule has 4 heteroatoms. The van der Waals surface area contributed by atoms with Crippen LogP contribution < -0.4 is 5.32 Å². The Balaban J connectivity index is 2.20. The summed E-state index contributed by atoms with van der Waals surface area (Å²) in [4.78, 5) is 0. The minimum absolute atomic E-state index is 0.367. The average Bonchev–Trinajstić information content (AvgIpc) is 2.61. The highest BCUT2D eigenvalue weighted by molar-refractivity contribution is 6.32. The van der Waals surface area contributed by atoms with Gasteiger partial charge in [-0.25, -0.2) is 0 Å². The largest absolute Gasteiger partial charge is 0.309 e. The smallest absolute Gasteiger partial charge is 0.0866 e. The van der Waals surface area contributed by atoms with Crippen LogP contribution in [-0.2, 0) is 0 Å². The molecule has 1 unspecified atom stereocenters. The molecule has 0 bridgehead atoms. The van der Waals surface area contributed by atoms with Crippen LogP contribution in [0.4, 0.5) is 0 Å². The van der Waals surface area contributed by atoms with Gasteiger partial charge in [-0.2, -0.15) is 5.10 Å². The molecule has 3 nitrogen and oxygen atoms in total. The molecular formula is C11H18ClN3. The molecule has 0 saturated carbocycles. The Kier molecular flexibility index (Phi) is 3.32. The molecule has 1 aliphatic rings. The summed E-state index contributed by atoms with van der Waals surface area (Å²) in [7, 11) is 0. The zero-order valence-corrected chi connectivity index (χ0v) is 10.1. The van der Waals surface area contributed by atoms with Gasteiger partial charge in [0.15, 0.2) is 0 Å². The van der Waals surface area contributed by atoms with Crippen LogP contribution in [0.2, 0.25) is 5.02 Å². The normalized spacial score (nSPS) is 22.3. The Hall–Kier alpha value is -0.540. The van der Waals surface area contributed by atoms with Gasteiger partial charge in [-0.1, -0.05) is 31.9 Å². The van der Waals surface area contributed by atoms with Crippen molar-refractivity contribution in [2.75, 3.05) is 6.54 Å². The van der Waals surface area contributed by atoms with Crippen molar-refractivity contribution in [1.29, 1.82) is 0 Å². The maximum atomic E-state index is 6.32. The highest BCUT2D eigenvalue weighted by Crippen LogP contribution is 2.31. The van der Waals surface area contributed by atoms with E-state index in [1.165, 1.54) is 12.8 Å². The number of nitrogens with one attached hydrogen (secondary N) is 2. The van der Waals surface area contributed by atoms with Crippen molar-refractivity contribution in [1.82, 2.24) is 15.5 Å². The number of nitrogens with zero attached hydrogens (tertiary/aromatic N) is 1. The molecule has 1 fully saturated rings. The Morgan fingerprint density at radius 3 is 2.73 bits per heavy atom. The van der Waals surface area contributed by atoms with Gasteiger partial charge in [0.1, 0.15) is 0 Å². The molecular weight excluding hydrogens is 210 g/mol. The monoisotopic (exact) mass is 227 g/mol. The van der Waals surface area contributed by atoms with Gasteiger partial charge in [-0.3, -0.25) is 5.10 Å². The lowest BCUT2D eigenvalue weighted by atomic mass is 10.0. The summed E-state index contributed by atoms with van der Waals surface area (Å²) in [6.07, 6.45) is 3.68. The summed E-state index contributed by atoms with van der Waals surface area (Å²) in [5.74, 6) is 0.381. The van der Waals surface area contributed by atoms with Crippen LogP contribution in [-0.4, -0.2) is 16.7 Å². The SMILES string of the molecule is CC(C)c1n[nH]c(C2CCCCN2)c1Cl. The van der Waals surface area contributed by atoms with E-state index in [-0.39, 0.29) is 0 Å². The van der Waals surface area contributed by atoms with Crippen LogP contribution >= 0.6 is 11.6 Å². The fourth-order valence-corrected chi connectivity index (χ4v) is 2.50. The summed E-state index contributed by atoms with van der Waals surface area (Å²) in [5, 5.41) is 11.7. The first-order valence-electron chi connectivity index (χ1n) is 5.67. The van der Waals surface area contributed by atoms with E-state index in [9.17, 15) is 0 Å². The van der Waals surface area contributed by atoms with E-state index in [2.05, 4.69) is 29.4 Å². The van der Waals surface area contributed by atoms with Crippen LogP contribution in [0.3, 0.4) is 0 Å². The second-order valence-corrected chi connectivity index (χ2v) is 4.87. The predicted molar refractivity (Wildman–Crippen MR) is 62.3 cm³/mol. The Bertz CT molecular complexity index is 327. The maximum absolute atomic E-state index is 6.32. The summed E-state index contributed by atoms with van der Waals surface area (Å²) in [6, 6.07) is 0.367. The third kappa shape index (κ3) is 2.18. The van der Waals surface area contributed by atoms with Gasteiger partial charge in [-0.15, -0.1) is 0 Å². The molecule has 2 rings (SSSR count). The highest BCUT2D eigenvalue weighted by atomic mass is 35.5. The molecule has 1 saturated heterocycles. The second kappa shape index (κ2) is 4.54. The van der Waals surface area contributed by atoms with Crippen molar-refractivity contribution >= 4 is 11.6 Å². The minimum atomic E-state index is 0.367. The fraction of sp³-hybridized carbons (Fsp3) is 0.727. The molecule has 84 valence electrons. The second-order valence-electron chi connectivity index (χ2n) is 4.49. The van der Waals surface area contributed by atoms with Gasteiger partial charge in [0.2, 0.25) is 0 Å². The summed E-state index contributed by atoms with van der Waals surface area (Å²) in [6.45, 7) is 5.30. The molecule has 0 spiro atoms. The molecule has 0 radical (unpaired) electrons. The minimum Gasteiger partial charge on any atom is -0.309 e. The first kappa shape index (κ1) is 11.0. The first-order chi connectivity index (χ1) is 7.20. The van der Waals surface area contributed by atoms with E-state index in [4.69, 9.17) is 11.6 Å². The van der Waals surface area contributed by atoms with Gasteiger partial charge in [0.05, 0.1) is 22.5 Å². The van der Waals surface area contributed by atoms with Crippen molar-refractivity contribution in [2.24, 2.45) is 0 Å². The molecule has 1 aromatic heterocycles. The van der Waals surface area contributed by atoms with E-state index in [1.54, 1.807) is 0 Å². The third-order valence-corrected chi connectivity index (χ3v) is 3.36. The quantitative estimate of drug-likeness (QED) is 0.816. The van der Waals surface area contributed by atoms with Crippen LogP contribution in [0.5, 0.6) is 0 Å². The van der Waals surface area contributed by atoms with Crippen LogP contribution in [0.15, 0.2) is 0 Å². The highest BCUT2D eigenvalue weighted by Gasteiger charge is 2.22. The number of hydrogen-bond donors (Lipinski definition) is 2. The van der Waals surface area contributed by atoms with Crippen molar-refractivity contribution in [3.8, 4) is 0 Å². The Morgan fingerprint density at radius 1 is 1.40 bits per heavy atom. The Labute approximate surface area is 95.6 Å².